The van der Waals surface area contributed by atoms with Crippen LogP contribution in [0.25, 0.3) is 12.2 Å². The van der Waals surface area contributed by atoms with E-state index >= 15 is 0 Å². The summed E-state index contributed by atoms with van der Waals surface area (Å²) in [6, 6.07) is 15.4. The molecule has 0 bridgehead atoms. The van der Waals surface area contributed by atoms with E-state index in [1.165, 1.54) is 12.1 Å². The zero-order chi connectivity index (χ0) is 19.7. The third-order valence-corrected chi connectivity index (χ3v) is 4.84. The van der Waals surface area contributed by atoms with Crippen molar-refractivity contribution in [2.24, 2.45) is 0 Å². The van der Waals surface area contributed by atoms with Crippen LogP contribution in [0.2, 0.25) is 6.04 Å². The highest BCUT2D eigenvalue weighted by molar-refractivity contribution is 6.27. The van der Waals surface area contributed by atoms with Crippen molar-refractivity contribution in [1.29, 1.82) is 0 Å². The van der Waals surface area contributed by atoms with Crippen molar-refractivity contribution in [2.75, 3.05) is 6.61 Å². The number of hydrogen-bond acceptors (Lipinski definition) is 4. The molecular formula is C21H25NO4Si. The van der Waals surface area contributed by atoms with Gasteiger partial charge in [0.2, 0.25) is 9.76 Å². The summed E-state index contributed by atoms with van der Waals surface area (Å²) in [5.74, 6) is 0.850. The summed E-state index contributed by atoms with van der Waals surface area (Å²) in [7, 11) is 0.506. The first-order valence-corrected chi connectivity index (χ1v) is 10.0. The van der Waals surface area contributed by atoms with E-state index in [-0.39, 0.29) is 11.3 Å². The molecule has 0 fully saturated rings. The Hall–Kier alpha value is -2.44. The fourth-order valence-electron chi connectivity index (χ4n) is 2.18. The second-order valence-corrected chi connectivity index (χ2v) is 8.05. The summed E-state index contributed by atoms with van der Waals surface area (Å²) < 4.78 is 11.5. The summed E-state index contributed by atoms with van der Waals surface area (Å²) >= 11 is 0. The summed E-state index contributed by atoms with van der Waals surface area (Å²) in [5.41, 5.74) is 1.98. The molecule has 0 aliphatic heterocycles. The van der Waals surface area contributed by atoms with E-state index in [1.54, 1.807) is 12.1 Å². The van der Waals surface area contributed by atoms with Gasteiger partial charge in [-0.05, 0) is 68.6 Å². The SMILES string of the molecule is CC(C)(C)O[Si]CCCOc1ccc(/C=C/c2ccc([N+](=O)[O-])cc2)cc1. The van der Waals surface area contributed by atoms with E-state index in [2.05, 4.69) is 20.8 Å². The molecule has 0 unspecified atom stereocenters. The number of benzene rings is 2. The van der Waals surface area contributed by atoms with E-state index in [1.807, 2.05) is 36.4 Å². The van der Waals surface area contributed by atoms with Gasteiger partial charge in [-0.1, -0.05) is 24.3 Å². The summed E-state index contributed by atoms with van der Waals surface area (Å²) in [5, 5.41) is 10.7. The molecule has 0 N–H and O–H groups in total. The predicted molar refractivity (Wildman–Crippen MR) is 110 cm³/mol. The summed E-state index contributed by atoms with van der Waals surface area (Å²) in [6.07, 6.45) is 4.86. The van der Waals surface area contributed by atoms with Gasteiger partial charge >= 0.3 is 0 Å². The van der Waals surface area contributed by atoms with Crippen LogP contribution in [-0.2, 0) is 4.43 Å². The molecule has 2 aromatic rings. The molecule has 0 heterocycles. The summed E-state index contributed by atoms with van der Waals surface area (Å²) in [4.78, 5) is 10.3. The molecule has 2 rings (SSSR count). The normalized spacial score (nSPS) is 11.7. The largest absolute Gasteiger partial charge is 0.494 e. The Kier molecular flexibility index (Phi) is 7.76. The fourth-order valence-corrected chi connectivity index (χ4v) is 3.00. The second kappa shape index (κ2) is 10.0. The topological polar surface area (TPSA) is 61.6 Å². The lowest BCUT2D eigenvalue weighted by Gasteiger charge is -2.19. The lowest BCUT2D eigenvalue weighted by atomic mass is 10.1. The van der Waals surface area contributed by atoms with Crippen molar-refractivity contribution in [3.63, 3.8) is 0 Å². The van der Waals surface area contributed by atoms with Crippen molar-refractivity contribution in [2.45, 2.75) is 38.8 Å². The number of nitro benzene ring substituents is 1. The van der Waals surface area contributed by atoms with Gasteiger partial charge in [-0.2, -0.15) is 0 Å². The average molecular weight is 384 g/mol. The number of hydrogen-bond donors (Lipinski definition) is 0. The number of ether oxygens (including phenoxy) is 1. The van der Waals surface area contributed by atoms with Crippen molar-refractivity contribution in [1.82, 2.24) is 0 Å². The van der Waals surface area contributed by atoms with Gasteiger partial charge in [-0.15, -0.1) is 0 Å². The quantitative estimate of drug-likeness (QED) is 0.192. The number of nitro groups is 1. The highest BCUT2D eigenvalue weighted by Crippen LogP contribution is 2.17. The van der Waals surface area contributed by atoms with Gasteiger partial charge in [-0.3, -0.25) is 10.1 Å². The van der Waals surface area contributed by atoms with Crippen molar-refractivity contribution >= 4 is 27.6 Å². The van der Waals surface area contributed by atoms with Gasteiger partial charge in [0.15, 0.2) is 0 Å². The van der Waals surface area contributed by atoms with Gasteiger partial charge in [0, 0.05) is 17.7 Å². The van der Waals surface area contributed by atoms with Crippen LogP contribution in [0.1, 0.15) is 38.3 Å². The second-order valence-electron chi connectivity index (χ2n) is 7.06. The molecule has 0 aliphatic carbocycles. The fraction of sp³-hybridized carbons (Fsp3) is 0.333. The van der Waals surface area contributed by atoms with Gasteiger partial charge in [0.1, 0.15) is 5.75 Å². The van der Waals surface area contributed by atoms with Crippen LogP contribution in [0.5, 0.6) is 5.75 Å². The Labute approximate surface area is 163 Å². The third-order valence-electron chi connectivity index (χ3n) is 3.52. The first-order chi connectivity index (χ1) is 12.8. The van der Waals surface area contributed by atoms with E-state index in [4.69, 9.17) is 9.16 Å². The molecule has 0 aliphatic rings. The maximum atomic E-state index is 10.7. The number of rotatable bonds is 9. The zero-order valence-electron chi connectivity index (χ0n) is 16.0. The maximum absolute atomic E-state index is 10.7. The zero-order valence-corrected chi connectivity index (χ0v) is 17.0. The van der Waals surface area contributed by atoms with Crippen LogP contribution in [0, 0.1) is 10.1 Å². The molecule has 27 heavy (non-hydrogen) atoms. The molecule has 0 saturated carbocycles. The standard InChI is InChI=1S/C21H25NO4Si/c1-21(2,3)26-27-16-4-15-25-20-13-9-18(10-14-20)6-5-17-7-11-19(12-8-17)22(23)24/h5-14H,4,15-16H2,1-3H3/b6-5+. The highest BCUT2D eigenvalue weighted by atomic mass is 28.2. The van der Waals surface area contributed by atoms with Gasteiger partial charge in [0.05, 0.1) is 11.5 Å². The van der Waals surface area contributed by atoms with E-state index < -0.39 is 4.92 Å². The molecular weight excluding hydrogens is 358 g/mol. The molecule has 0 saturated heterocycles. The molecule has 0 amide bonds. The van der Waals surface area contributed by atoms with Gasteiger partial charge < -0.3 is 9.16 Å². The van der Waals surface area contributed by atoms with Crippen LogP contribution < -0.4 is 4.74 Å². The highest BCUT2D eigenvalue weighted by Gasteiger charge is 2.09. The van der Waals surface area contributed by atoms with Gasteiger partial charge in [-0.25, -0.2) is 0 Å². The molecule has 0 aromatic heterocycles. The average Bonchev–Trinajstić information content (AvgIpc) is 2.63. The predicted octanol–water partition coefficient (Wildman–Crippen LogP) is 5.39. The minimum atomic E-state index is -0.399. The van der Waals surface area contributed by atoms with E-state index in [0.717, 1.165) is 29.3 Å². The maximum Gasteiger partial charge on any atom is 0.269 e. The lowest BCUT2D eigenvalue weighted by molar-refractivity contribution is -0.384. The molecule has 0 spiro atoms. The molecule has 6 heteroatoms. The molecule has 142 valence electrons. The van der Waals surface area contributed by atoms with Crippen LogP contribution in [0.3, 0.4) is 0 Å². The van der Waals surface area contributed by atoms with Crippen LogP contribution in [0.4, 0.5) is 5.69 Å². The molecule has 2 aromatic carbocycles. The van der Waals surface area contributed by atoms with Crippen molar-refractivity contribution < 1.29 is 14.1 Å². The minimum Gasteiger partial charge on any atom is -0.494 e. The Morgan fingerprint density at radius 3 is 2.07 bits per heavy atom. The monoisotopic (exact) mass is 383 g/mol. The Balaban J connectivity index is 1.75. The van der Waals surface area contributed by atoms with Crippen molar-refractivity contribution in [3.05, 3.63) is 69.8 Å². The van der Waals surface area contributed by atoms with E-state index in [0.29, 0.717) is 16.4 Å². The Bertz CT molecular complexity index is 749. The summed E-state index contributed by atoms with van der Waals surface area (Å²) in [6.45, 7) is 6.87. The van der Waals surface area contributed by atoms with Crippen LogP contribution in [0.15, 0.2) is 48.5 Å². The molecule has 5 nitrogen and oxygen atoms in total. The number of non-ortho nitro benzene ring substituents is 1. The third kappa shape index (κ3) is 8.19. The number of nitrogens with zero attached hydrogens (tertiary/aromatic N) is 1. The Morgan fingerprint density at radius 2 is 1.56 bits per heavy atom. The van der Waals surface area contributed by atoms with E-state index in [9.17, 15) is 10.1 Å². The van der Waals surface area contributed by atoms with Crippen LogP contribution >= 0.6 is 0 Å². The first-order valence-electron chi connectivity index (χ1n) is 8.90. The molecule has 0 atom stereocenters. The minimum absolute atomic E-state index is 0.0723. The van der Waals surface area contributed by atoms with Gasteiger partial charge in [0.25, 0.3) is 5.69 Å². The molecule has 2 radical (unpaired) electrons. The van der Waals surface area contributed by atoms with Crippen LogP contribution in [-0.4, -0.2) is 26.9 Å². The Morgan fingerprint density at radius 1 is 1.00 bits per heavy atom. The smallest absolute Gasteiger partial charge is 0.269 e. The first kappa shape index (κ1) is 20.9. The lowest BCUT2D eigenvalue weighted by Crippen LogP contribution is -2.21. The van der Waals surface area contributed by atoms with Crippen molar-refractivity contribution in [3.8, 4) is 5.75 Å².